The smallest absolute Gasteiger partial charge is 0.251 e. The van der Waals surface area contributed by atoms with E-state index in [2.05, 4.69) is 10.6 Å². The standard InChI is InChI=1S/C22H27N3O2.ClH/c1-23-19-13-8-14-25(16-19)22(27)20(15-17-9-4-2-5-10-17)24-21(26)18-11-6-3-7-12-18;/h2-7,9-12,19-20,23H,8,13-16H2,1H3,(H,24,26);1H. The van der Waals surface area contributed by atoms with Crippen molar-refractivity contribution in [2.24, 2.45) is 0 Å². The number of hydrogen-bond donors (Lipinski definition) is 2. The summed E-state index contributed by atoms with van der Waals surface area (Å²) in [6.07, 6.45) is 2.53. The number of carbonyl (C=O) groups excluding carboxylic acids is 2. The van der Waals surface area contributed by atoms with E-state index in [0.29, 0.717) is 24.6 Å². The Morgan fingerprint density at radius 3 is 2.36 bits per heavy atom. The summed E-state index contributed by atoms with van der Waals surface area (Å²) in [5.74, 6) is -0.227. The first-order chi connectivity index (χ1) is 13.2. The Labute approximate surface area is 172 Å². The fraction of sp³-hybridized carbons (Fsp3) is 0.364. The molecule has 3 rings (SSSR count). The summed E-state index contributed by atoms with van der Waals surface area (Å²) in [5.41, 5.74) is 1.60. The number of likely N-dealkylation sites (tertiary alicyclic amines) is 1. The van der Waals surface area contributed by atoms with Crippen molar-refractivity contribution in [2.45, 2.75) is 31.3 Å². The van der Waals surface area contributed by atoms with Crippen LogP contribution in [0.4, 0.5) is 0 Å². The Morgan fingerprint density at radius 1 is 1.07 bits per heavy atom. The zero-order valence-corrected chi connectivity index (χ0v) is 17.0. The van der Waals surface area contributed by atoms with Crippen molar-refractivity contribution in [3.63, 3.8) is 0 Å². The average Bonchev–Trinajstić information content (AvgIpc) is 2.74. The number of hydrogen-bond acceptors (Lipinski definition) is 3. The molecule has 1 saturated heterocycles. The minimum absolute atomic E-state index is 0. The minimum atomic E-state index is -0.573. The highest BCUT2D eigenvalue weighted by molar-refractivity contribution is 5.97. The van der Waals surface area contributed by atoms with Gasteiger partial charge >= 0.3 is 0 Å². The van der Waals surface area contributed by atoms with E-state index in [1.54, 1.807) is 12.1 Å². The van der Waals surface area contributed by atoms with Gasteiger partial charge in [0.1, 0.15) is 6.04 Å². The van der Waals surface area contributed by atoms with Crippen LogP contribution in [-0.2, 0) is 11.2 Å². The predicted octanol–water partition coefficient (Wildman–Crippen LogP) is 2.66. The fourth-order valence-corrected chi connectivity index (χ4v) is 3.51. The van der Waals surface area contributed by atoms with Crippen molar-refractivity contribution >= 4 is 24.2 Å². The molecule has 0 saturated carbocycles. The van der Waals surface area contributed by atoms with Crippen LogP contribution in [0.5, 0.6) is 0 Å². The Bertz CT molecular complexity index is 755. The molecular weight excluding hydrogens is 374 g/mol. The molecule has 28 heavy (non-hydrogen) atoms. The van der Waals surface area contributed by atoms with Gasteiger partial charge in [0, 0.05) is 31.1 Å². The van der Waals surface area contributed by atoms with Crippen molar-refractivity contribution in [1.29, 1.82) is 0 Å². The number of nitrogens with zero attached hydrogens (tertiary/aromatic N) is 1. The molecule has 1 heterocycles. The van der Waals surface area contributed by atoms with Crippen molar-refractivity contribution in [1.82, 2.24) is 15.5 Å². The van der Waals surface area contributed by atoms with Crippen molar-refractivity contribution in [3.8, 4) is 0 Å². The number of likely N-dealkylation sites (N-methyl/N-ethyl adjacent to an activating group) is 1. The molecule has 0 bridgehead atoms. The van der Waals surface area contributed by atoms with Gasteiger partial charge in [-0.1, -0.05) is 48.5 Å². The van der Waals surface area contributed by atoms with Crippen LogP contribution in [0, 0.1) is 0 Å². The first-order valence-corrected chi connectivity index (χ1v) is 9.53. The number of amides is 2. The quantitative estimate of drug-likeness (QED) is 0.782. The van der Waals surface area contributed by atoms with E-state index < -0.39 is 6.04 Å². The van der Waals surface area contributed by atoms with Gasteiger partial charge in [0.2, 0.25) is 5.91 Å². The topological polar surface area (TPSA) is 61.4 Å². The van der Waals surface area contributed by atoms with E-state index in [-0.39, 0.29) is 24.2 Å². The molecule has 150 valence electrons. The van der Waals surface area contributed by atoms with Gasteiger partial charge in [0.25, 0.3) is 5.91 Å². The lowest BCUT2D eigenvalue weighted by atomic mass is 10.0. The SMILES string of the molecule is CNC1CCCN(C(=O)C(Cc2ccccc2)NC(=O)c2ccccc2)C1.Cl. The van der Waals surface area contributed by atoms with Gasteiger partial charge in [-0.2, -0.15) is 0 Å². The summed E-state index contributed by atoms with van der Waals surface area (Å²) in [4.78, 5) is 27.8. The van der Waals surface area contributed by atoms with E-state index in [0.717, 1.165) is 24.9 Å². The number of halogens is 1. The molecule has 2 amide bonds. The van der Waals surface area contributed by atoms with Gasteiger partial charge in [-0.3, -0.25) is 9.59 Å². The summed E-state index contributed by atoms with van der Waals surface area (Å²) >= 11 is 0. The van der Waals surface area contributed by atoms with E-state index in [4.69, 9.17) is 0 Å². The number of carbonyl (C=O) groups is 2. The third-order valence-electron chi connectivity index (χ3n) is 5.06. The third-order valence-corrected chi connectivity index (χ3v) is 5.06. The van der Waals surface area contributed by atoms with Crippen LogP contribution in [0.15, 0.2) is 60.7 Å². The van der Waals surface area contributed by atoms with Crippen LogP contribution in [0.3, 0.4) is 0 Å². The monoisotopic (exact) mass is 401 g/mol. The first-order valence-electron chi connectivity index (χ1n) is 9.53. The molecule has 2 unspecified atom stereocenters. The Kier molecular flexibility index (Phi) is 8.48. The van der Waals surface area contributed by atoms with E-state index in [9.17, 15) is 9.59 Å². The molecule has 2 aromatic rings. The van der Waals surface area contributed by atoms with Gasteiger partial charge in [0.15, 0.2) is 0 Å². The molecule has 5 nitrogen and oxygen atoms in total. The molecule has 0 aliphatic carbocycles. The molecule has 2 N–H and O–H groups in total. The van der Waals surface area contributed by atoms with Crippen LogP contribution in [-0.4, -0.2) is 48.9 Å². The normalized spacial score (nSPS) is 17.3. The maximum absolute atomic E-state index is 13.2. The first kappa shape index (κ1) is 21.9. The molecule has 0 aromatic heterocycles. The molecule has 2 aromatic carbocycles. The largest absolute Gasteiger partial charge is 0.340 e. The highest BCUT2D eigenvalue weighted by Gasteiger charge is 2.29. The summed E-state index contributed by atoms with van der Waals surface area (Å²) in [5, 5.41) is 6.22. The number of rotatable bonds is 6. The van der Waals surface area contributed by atoms with Gasteiger partial charge in [0.05, 0.1) is 0 Å². The summed E-state index contributed by atoms with van der Waals surface area (Å²) in [7, 11) is 1.93. The van der Waals surface area contributed by atoms with Crippen LogP contribution >= 0.6 is 12.4 Å². The fourth-order valence-electron chi connectivity index (χ4n) is 3.51. The van der Waals surface area contributed by atoms with Crippen LogP contribution < -0.4 is 10.6 Å². The number of piperidine rings is 1. The van der Waals surface area contributed by atoms with E-state index in [1.165, 1.54) is 0 Å². The summed E-state index contributed by atoms with van der Waals surface area (Å²) < 4.78 is 0. The predicted molar refractivity (Wildman–Crippen MR) is 114 cm³/mol. The summed E-state index contributed by atoms with van der Waals surface area (Å²) in [6.45, 7) is 1.42. The highest BCUT2D eigenvalue weighted by Crippen LogP contribution is 2.14. The zero-order valence-electron chi connectivity index (χ0n) is 16.1. The Morgan fingerprint density at radius 2 is 1.71 bits per heavy atom. The number of nitrogens with one attached hydrogen (secondary N) is 2. The maximum Gasteiger partial charge on any atom is 0.251 e. The molecule has 0 radical (unpaired) electrons. The molecule has 6 heteroatoms. The van der Waals surface area contributed by atoms with Gasteiger partial charge in [-0.05, 0) is 37.6 Å². The van der Waals surface area contributed by atoms with E-state index >= 15 is 0 Å². The lowest BCUT2D eigenvalue weighted by Gasteiger charge is -2.35. The van der Waals surface area contributed by atoms with Crippen molar-refractivity contribution in [2.75, 3.05) is 20.1 Å². The van der Waals surface area contributed by atoms with Crippen LogP contribution in [0.2, 0.25) is 0 Å². The average molecular weight is 402 g/mol. The second-order valence-electron chi connectivity index (χ2n) is 6.99. The van der Waals surface area contributed by atoms with Crippen LogP contribution in [0.25, 0.3) is 0 Å². The molecule has 0 spiro atoms. The van der Waals surface area contributed by atoms with Crippen molar-refractivity contribution < 1.29 is 9.59 Å². The van der Waals surface area contributed by atoms with Gasteiger partial charge in [-0.15, -0.1) is 12.4 Å². The number of benzene rings is 2. The van der Waals surface area contributed by atoms with E-state index in [1.807, 2.05) is 60.5 Å². The van der Waals surface area contributed by atoms with Gasteiger partial charge in [-0.25, -0.2) is 0 Å². The highest BCUT2D eigenvalue weighted by atomic mass is 35.5. The zero-order chi connectivity index (χ0) is 19.1. The minimum Gasteiger partial charge on any atom is -0.340 e. The Balaban J connectivity index is 0.00000280. The molecule has 1 aliphatic heterocycles. The summed E-state index contributed by atoms with van der Waals surface area (Å²) in [6, 6.07) is 18.6. The molecule has 1 fully saturated rings. The van der Waals surface area contributed by atoms with Gasteiger partial charge < -0.3 is 15.5 Å². The Hall–Kier alpha value is -2.37. The molecular formula is C22H28ClN3O2. The second-order valence-corrected chi connectivity index (χ2v) is 6.99. The maximum atomic E-state index is 13.2. The van der Waals surface area contributed by atoms with Crippen LogP contribution in [0.1, 0.15) is 28.8 Å². The van der Waals surface area contributed by atoms with Crippen molar-refractivity contribution in [3.05, 3.63) is 71.8 Å². The molecule has 1 aliphatic rings. The lowest BCUT2D eigenvalue weighted by molar-refractivity contribution is -0.134. The third kappa shape index (κ3) is 5.81. The second kappa shape index (κ2) is 10.8. The molecule has 2 atom stereocenters. The lowest BCUT2D eigenvalue weighted by Crippen LogP contribution is -2.54.